The number of halogens is 3. The largest absolute Gasteiger partial charge is 0.408 e. The molecule has 1 N–H and O–H groups in total. The van der Waals surface area contributed by atoms with Gasteiger partial charge in [-0.2, -0.15) is 18.3 Å². The summed E-state index contributed by atoms with van der Waals surface area (Å²) in [7, 11) is 0. The van der Waals surface area contributed by atoms with Crippen molar-refractivity contribution in [3.63, 3.8) is 0 Å². The first-order valence-corrected chi connectivity index (χ1v) is 8.66. The predicted molar refractivity (Wildman–Crippen MR) is 102 cm³/mol. The van der Waals surface area contributed by atoms with Gasteiger partial charge in [0.2, 0.25) is 0 Å². The van der Waals surface area contributed by atoms with E-state index >= 15 is 0 Å². The molecule has 2 aromatic heterocycles. The lowest BCUT2D eigenvalue weighted by molar-refractivity contribution is -0.142. The van der Waals surface area contributed by atoms with E-state index in [-0.39, 0.29) is 5.69 Å². The first-order valence-electron chi connectivity index (χ1n) is 8.66. The van der Waals surface area contributed by atoms with Gasteiger partial charge in [0.25, 0.3) is 5.91 Å². The van der Waals surface area contributed by atoms with Crippen molar-refractivity contribution in [3.05, 3.63) is 76.9 Å². The Morgan fingerprint density at radius 1 is 1.21 bits per heavy atom. The van der Waals surface area contributed by atoms with Crippen LogP contribution in [-0.4, -0.2) is 26.8 Å². The van der Waals surface area contributed by atoms with Crippen molar-refractivity contribution in [2.24, 2.45) is 0 Å². The maximum absolute atomic E-state index is 12.6. The molecule has 0 aliphatic heterocycles. The Bertz CT molecular complexity index is 1090. The van der Waals surface area contributed by atoms with Crippen molar-refractivity contribution in [3.8, 4) is 11.8 Å². The van der Waals surface area contributed by atoms with Crippen molar-refractivity contribution in [1.29, 1.82) is 0 Å². The van der Waals surface area contributed by atoms with Gasteiger partial charge in [0.15, 0.2) is 0 Å². The van der Waals surface area contributed by atoms with E-state index < -0.39 is 18.6 Å². The van der Waals surface area contributed by atoms with Crippen molar-refractivity contribution in [1.82, 2.24) is 14.8 Å². The summed E-state index contributed by atoms with van der Waals surface area (Å²) in [5.74, 6) is 5.55. The Morgan fingerprint density at radius 3 is 2.69 bits per heavy atom. The number of aromatic nitrogens is 3. The average Bonchev–Trinajstić information content (AvgIpc) is 2.98. The molecule has 0 aliphatic carbocycles. The molecule has 148 valence electrons. The van der Waals surface area contributed by atoms with Crippen LogP contribution in [0.5, 0.6) is 0 Å². The zero-order valence-electron chi connectivity index (χ0n) is 15.7. The fourth-order valence-electron chi connectivity index (χ4n) is 2.57. The maximum atomic E-state index is 12.6. The minimum atomic E-state index is -4.39. The van der Waals surface area contributed by atoms with E-state index in [2.05, 4.69) is 27.2 Å². The van der Waals surface area contributed by atoms with Crippen molar-refractivity contribution < 1.29 is 18.0 Å². The predicted octanol–water partition coefficient (Wildman–Crippen LogP) is 4.11. The number of rotatable bonds is 3. The van der Waals surface area contributed by atoms with Crippen molar-refractivity contribution in [2.45, 2.75) is 26.6 Å². The third-order valence-corrected chi connectivity index (χ3v) is 4.04. The van der Waals surface area contributed by atoms with Crippen LogP contribution in [0.3, 0.4) is 0 Å². The Hall–Kier alpha value is -3.60. The number of aryl methyl sites for hydroxylation is 2. The van der Waals surface area contributed by atoms with Crippen LogP contribution >= 0.6 is 0 Å². The van der Waals surface area contributed by atoms with E-state index in [1.54, 1.807) is 36.7 Å². The van der Waals surface area contributed by atoms with Crippen LogP contribution in [-0.2, 0) is 6.54 Å². The molecular formula is C21H17F3N4O. The number of carbonyl (C=O) groups is 1. The zero-order chi connectivity index (χ0) is 21.0. The van der Waals surface area contributed by atoms with Crippen LogP contribution in [0.1, 0.15) is 32.7 Å². The number of benzene rings is 1. The van der Waals surface area contributed by atoms with Gasteiger partial charge in [0, 0.05) is 35.3 Å². The molecule has 0 fully saturated rings. The number of hydrogen-bond donors (Lipinski definition) is 1. The molecular weight excluding hydrogens is 381 g/mol. The molecule has 3 aromatic rings. The third kappa shape index (κ3) is 5.45. The maximum Gasteiger partial charge on any atom is 0.408 e. The quantitative estimate of drug-likeness (QED) is 0.676. The van der Waals surface area contributed by atoms with E-state index in [1.165, 1.54) is 6.92 Å². The van der Waals surface area contributed by atoms with Crippen LogP contribution in [0.2, 0.25) is 0 Å². The number of anilines is 1. The van der Waals surface area contributed by atoms with Gasteiger partial charge in [-0.25, -0.2) is 0 Å². The second-order valence-electron chi connectivity index (χ2n) is 6.42. The van der Waals surface area contributed by atoms with Gasteiger partial charge in [-0.3, -0.25) is 14.5 Å². The Kier molecular flexibility index (Phi) is 5.69. The zero-order valence-corrected chi connectivity index (χ0v) is 15.7. The minimum absolute atomic E-state index is 0.225. The molecule has 29 heavy (non-hydrogen) atoms. The number of pyridine rings is 1. The van der Waals surface area contributed by atoms with Crippen LogP contribution in [0, 0.1) is 25.7 Å². The molecule has 0 unspecified atom stereocenters. The van der Waals surface area contributed by atoms with Gasteiger partial charge in [-0.1, -0.05) is 17.9 Å². The summed E-state index contributed by atoms with van der Waals surface area (Å²) < 4.78 is 38.3. The molecule has 0 saturated heterocycles. The van der Waals surface area contributed by atoms with E-state index in [9.17, 15) is 18.0 Å². The normalized spacial score (nSPS) is 10.9. The van der Waals surface area contributed by atoms with E-state index in [0.29, 0.717) is 16.8 Å². The SMILES string of the molecule is Cc1ccc(C(=O)Nc2cn(CC(F)(F)F)nc2C)cc1C#Cc1cccnc1. The van der Waals surface area contributed by atoms with E-state index in [1.807, 2.05) is 13.0 Å². The molecule has 0 saturated carbocycles. The lowest BCUT2D eigenvalue weighted by Gasteiger charge is -2.06. The summed E-state index contributed by atoms with van der Waals surface area (Å²) in [6, 6.07) is 8.65. The molecule has 2 heterocycles. The van der Waals surface area contributed by atoms with Crippen LogP contribution < -0.4 is 5.32 Å². The van der Waals surface area contributed by atoms with Gasteiger partial charge in [0.05, 0.1) is 11.4 Å². The average molecular weight is 398 g/mol. The standard InChI is InChI=1S/C21H17F3N4O/c1-14-5-7-18(10-17(14)8-6-16-4-3-9-25-11-16)20(29)26-19-12-28(27-15(19)2)13-21(22,23)24/h3-5,7,9-12H,13H2,1-2H3,(H,26,29). The summed E-state index contributed by atoms with van der Waals surface area (Å²) >= 11 is 0. The number of alkyl halides is 3. The van der Waals surface area contributed by atoms with Crippen molar-refractivity contribution >= 4 is 11.6 Å². The van der Waals surface area contributed by atoms with Gasteiger partial charge in [0.1, 0.15) is 6.54 Å². The Morgan fingerprint density at radius 2 is 2.00 bits per heavy atom. The lowest BCUT2D eigenvalue weighted by atomic mass is 10.0. The van der Waals surface area contributed by atoms with Gasteiger partial charge < -0.3 is 5.32 Å². The lowest BCUT2D eigenvalue weighted by Crippen LogP contribution is -2.18. The topological polar surface area (TPSA) is 59.8 Å². The van der Waals surface area contributed by atoms with E-state index in [0.717, 1.165) is 22.0 Å². The van der Waals surface area contributed by atoms with E-state index in [4.69, 9.17) is 0 Å². The third-order valence-electron chi connectivity index (χ3n) is 4.04. The van der Waals surface area contributed by atoms with Crippen LogP contribution in [0.25, 0.3) is 0 Å². The number of carbonyl (C=O) groups excluding carboxylic acids is 1. The highest BCUT2D eigenvalue weighted by molar-refractivity contribution is 6.04. The molecule has 0 bridgehead atoms. The molecule has 0 spiro atoms. The molecule has 3 rings (SSSR count). The molecule has 1 aromatic carbocycles. The van der Waals surface area contributed by atoms with Crippen LogP contribution in [0.15, 0.2) is 48.9 Å². The number of hydrogen-bond acceptors (Lipinski definition) is 3. The smallest absolute Gasteiger partial charge is 0.319 e. The Balaban J connectivity index is 1.79. The summed E-state index contributed by atoms with van der Waals surface area (Å²) in [5.41, 5.74) is 3.18. The number of amides is 1. The minimum Gasteiger partial charge on any atom is -0.319 e. The van der Waals surface area contributed by atoms with Crippen molar-refractivity contribution in [2.75, 3.05) is 5.32 Å². The monoisotopic (exact) mass is 398 g/mol. The van der Waals surface area contributed by atoms with Crippen LogP contribution in [0.4, 0.5) is 18.9 Å². The molecule has 8 heteroatoms. The first kappa shape index (κ1) is 20.1. The molecule has 0 atom stereocenters. The summed E-state index contributed by atoms with van der Waals surface area (Å²) in [6.45, 7) is 2.19. The highest BCUT2D eigenvalue weighted by Crippen LogP contribution is 2.21. The van der Waals surface area contributed by atoms with Gasteiger partial charge in [-0.05, 0) is 43.7 Å². The number of nitrogens with zero attached hydrogens (tertiary/aromatic N) is 3. The highest BCUT2D eigenvalue weighted by Gasteiger charge is 2.29. The molecule has 1 amide bonds. The second kappa shape index (κ2) is 8.19. The van der Waals surface area contributed by atoms with Gasteiger partial charge in [-0.15, -0.1) is 0 Å². The summed E-state index contributed by atoms with van der Waals surface area (Å²) in [4.78, 5) is 16.6. The number of nitrogens with one attached hydrogen (secondary N) is 1. The van der Waals surface area contributed by atoms with Gasteiger partial charge >= 0.3 is 6.18 Å². The highest BCUT2D eigenvalue weighted by atomic mass is 19.4. The second-order valence-corrected chi connectivity index (χ2v) is 6.42. The summed E-state index contributed by atoms with van der Waals surface area (Å²) in [5, 5.41) is 6.40. The fourth-order valence-corrected chi connectivity index (χ4v) is 2.57. The first-order chi connectivity index (χ1) is 13.7. The molecule has 0 aliphatic rings. The summed E-state index contributed by atoms with van der Waals surface area (Å²) in [6.07, 6.45) is 0.0665. The molecule has 0 radical (unpaired) electrons. The molecule has 5 nitrogen and oxygen atoms in total. The Labute approximate surface area is 165 Å². The fraction of sp³-hybridized carbons (Fsp3) is 0.190.